The highest BCUT2D eigenvalue weighted by Gasteiger charge is 2.18. The number of nitrogens with two attached hydrogens (primary N) is 2. The first kappa shape index (κ1) is 37.4. The number of carbonyl (C=O) groups is 1. The van der Waals surface area contributed by atoms with E-state index in [0.29, 0.717) is 17.8 Å². The van der Waals surface area contributed by atoms with Gasteiger partial charge in [0.1, 0.15) is 0 Å². The van der Waals surface area contributed by atoms with Gasteiger partial charge in [0.15, 0.2) is 0 Å². The maximum absolute atomic E-state index is 10.5. The second-order valence-corrected chi connectivity index (χ2v) is 14.0. The zero-order valence-corrected chi connectivity index (χ0v) is 31.9. The number of aromatic nitrogens is 6. The number of nitrogen functional groups attached to an aromatic ring is 2. The molecule has 11 nitrogen and oxygen atoms in total. The lowest BCUT2D eigenvalue weighted by molar-refractivity contribution is -0.136. The van der Waals surface area contributed by atoms with Crippen LogP contribution in [0.15, 0.2) is 103 Å². The molecule has 0 unspecified atom stereocenters. The molecule has 0 spiro atoms. The normalized spacial score (nSPS) is 11.8. The van der Waals surface area contributed by atoms with Crippen molar-refractivity contribution in [2.24, 2.45) is 4.99 Å². The Morgan fingerprint density at radius 3 is 1.84 bits per heavy atom. The van der Waals surface area contributed by atoms with Gasteiger partial charge in [-0.3, -0.25) is 39.7 Å². The van der Waals surface area contributed by atoms with E-state index in [1.54, 1.807) is 18.5 Å². The number of carboxylic acid groups (broad SMARTS) is 1. The summed E-state index contributed by atoms with van der Waals surface area (Å²) in [7, 11) is 0. The fraction of sp³-hybridized carbons (Fsp3) is 0.200. The quantitative estimate of drug-likeness (QED) is 0.140. The topological polar surface area (TPSA) is 179 Å². The molecule has 5 N–H and O–H groups in total. The minimum Gasteiger partial charge on any atom is -0.481 e. The van der Waals surface area contributed by atoms with Gasteiger partial charge in [0.05, 0.1) is 45.5 Å². The van der Waals surface area contributed by atoms with Crippen LogP contribution in [0.25, 0.3) is 43.6 Å². The number of hydrogen-bond donors (Lipinski definition) is 3. The zero-order valence-electron chi connectivity index (χ0n) is 31.9. The number of aryl methyl sites for hydroxylation is 6. The molecular formula is C45H43N9O2. The Balaban J connectivity index is 0.000000142. The lowest BCUT2D eigenvalue weighted by atomic mass is 10.0. The molecule has 0 bridgehead atoms. The van der Waals surface area contributed by atoms with Gasteiger partial charge >= 0.3 is 5.97 Å². The van der Waals surface area contributed by atoms with Crippen molar-refractivity contribution < 1.29 is 9.90 Å². The molecule has 0 saturated heterocycles. The summed E-state index contributed by atoms with van der Waals surface area (Å²) in [5, 5.41) is 12.9. The minimum atomic E-state index is -0.797. The zero-order chi connectivity index (χ0) is 39.3. The van der Waals surface area contributed by atoms with Crippen molar-refractivity contribution in [1.29, 1.82) is 0 Å². The summed E-state index contributed by atoms with van der Waals surface area (Å²) in [6, 6.07) is 23.8. The molecule has 0 radical (unpaired) electrons. The minimum absolute atomic E-state index is 0.113. The van der Waals surface area contributed by atoms with Crippen LogP contribution in [0.1, 0.15) is 52.3 Å². The van der Waals surface area contributed by atoms with Crippen LogP contribution in [0.2, 0.25) is 0 Å². The molecule has 1 aliphatic heterocycles. The summed E-state index contributed by atoms with van der Waals surface area (Å²) in [5.74, 6) is -0.797. The lowest BCUT2D eigenvalue weighted by Crippen LogP contribution is -2.02. The van der Waals surface area contributed by atoms with E-state index in [4.69, 9.17) is 26.6 Å². The number of aliphatic imine (C=N–C) groups is 1. The molecule has 9 rings (SSSR count). The molecule has 8 aromatic rings. The second-order valence-electron chi connectivity index (χ2n) is 14.0. The van der Waals surface area contributed by atoms with Crippen LogP contribution in [0.4, 0.5) is 17.1 Å². The van der Waals surface area contributed by atoms with E-state index >= 15 is 0 Å². The Morgan fingerprint density at radius 1 is 0.643 bits per heavy atom. The summed E-state index contributed by atoms with van der Waals surface area (Å²) < 4.78 is 0. The van der Waals surface area contributed by atoms with E-state index in [1.807, 2.05) is 69.6 Å². The van der Waals surface area contributed by atoms with E-state index in [2.05, 4.69) is 62.2 Å². The van der Waals surface area contributed by atoms with Crippen LogP contribution in [-0.2, 0) is 24.1 Å². The van der Waals surface area contributed by atoms with Gasteiger partial charge in [-0.15, -0.1) is 0 Å². The van der Waals surface area contributed by atoms with Gasteiger partial charge < -0.3 is 16.6 Å². The Bertz CT molecular complexity index is 2800. The van der Waals surface area contributed by atoms with Crippen molar-refractivity contribution in [2.45, 2.75) is 59.8 Å². The Morgan fingerprint density at radius 2 is 1.21 bits per heavy atom. The highest BCUT2D eigenvalue weighted by atomic mass is 16.4. The number of carboxylic acids is 1. The molecule has 2 aromatic carbocycles. The molecule has 7 heterocycles. The maximum atomic E-state index is 10.5. The molecule has 280 valence electrons. The van der Waals surface area contributed by atoms with E-state index in [9.17, 15) is 4.79 Å². The predicted molar refractivity (Wildman–Crippen MR) is 225 cm³/mol. The molecule has 1 aliphatic rings. The third-order valence-corrected chi connectivity index (χ3v) is 9.97. The number of pyridine rings is 6. The number of aliphatic carboxylic acids is 1. The first-order valence-corrected chi connectivity index (χ1v) is 18.5. The Kier molecular flexibility index (Phi) is 10.9. The van der Waals surface area contributed by atoms with E-state index in [0.717, 1.165) is 102 Å². The van der Waals surface area contributed by atoms with Gasteiger partial charge in [-0.1, -0.05) is 6.07 Å². The number of anilines is 2. The van der Waals surface area contributed by atoms with Gasteiger partial charge in [0.25, 0.3) is 0 Å². The highest BCUT2D eigenvalue weighted by molar-refractivity contribution is 6.02. The van der Waals surface area contributed by atoms with Crippen LogP contribution in [0.5, 0.6) is 0 Å². The first-order chi connectivity index (χ1) is 27.0. The summed E-state index contributed by atoms with van der Waals surface area (Å²) in [4.78, 5) is 42.1. The molecule has 11 heteroatoms. The van der Waals surface area contributed by atoms with E-state index in [1.165, 1.54) is 11.3 Å². The van der Waals surface area contributed by atoms with Crippen molar-refractivity contribution in [3.05, 3.63) is 137 Å². The molecule has 0 saturated carbocycles. The number of hydrogen-bond acceptors (Lipinski definition) is 10. The van der Waals surface area contributed by atoms with Crippen LogP contribution in [0, 0.1) is 27.7 Å². The van der Waals surface area contributed by atoms with Crippen LogP contribution >= 0.6 is 0 Å². The van der Waals surface area contributed by atoms with Gasteiger partial charge in [0, 0.05) is 87.7 Å². The van der Waals surface area contributed by atoms with Crippen LogP contribution < -0.4 is 11.5 Å². The summed E-state index contributed by atoms with van der Waals surface area (Å²) in [5.41, 5.74) is 26.2. The average Bonchev–Trinajstić information content (AvgIpc) is 3.65. The smallest absolute Gasteiger partial charge is 0.303 e. The van der Waals surface area contributed by atoms with Gasteiger partial charge in [-0.25, -0.2) is 0 Å². The van der Waals surface area contributed by atoms with E-state index < -0.39 is 5.97 Å². The first-order valence-electron chi connectivity index (χ1n) is 18.5. The number of fused-ring (bicyclic) bond motifs is 6. The van der Waals surface area contributed by atoms with Crippen molar-refractivity contribution in [3.8, 4) is 0 Å². The van der Waals surface area contributed by atoms with Crippen molar-refractivity contribution >= 4 is 72.4 Å². The Labute approximate surface area is 324 Å². The summed E-state index contributed by atoms with van der Waals surface area (Å²) >= 11 is 0. The van der Waals surface area contributed by atoms with Crippen LogP contribution in [0.3, 0.4) is 0 Å². The number of rotatable bonds is 6. The Hall–Kier alpha value is -6.88. The molecular weight excluding hydrogens is 699 g/mol. The SMILES string of the molecule is Cc1ncc(C)c2nc(CCC(=O)O)ccc12.Cc1ncc(C)c2nc(CCC3=Nc4c(ccc5ncccc45)C3)ccc12.Nc1ccc2ncccc2c1N. The van der Waals surface area contributed by atoms with Crippen molar-refractivity contribution in [2.75, 3.05) is 11.5 Å². The van der Waals surface area contributed by atoms with Gasteiger partial charge in [0.2, 0.25) is 0 Å². The average molecular weight is 742 g/mol. The van der Waals surface area contributed by atoms with Crippen LogP contribution in [-0.4, -0.2) is 46.7 Å². The van der Waals surface area contributed by atoms with E-state index in [-0.39, 0.29) is 6.42 Å². The largest absolute Gasteiger partial charge is 0.481 e. The summed E-state index contributed by atoms with van der Waals surface area (Å²) in [6.07, 6.45) is 10.6. The predicted octanol–water partition coefficient (Wildman–Crippen LogP) is 8.72. The fourth-order valence-electron chi connectivity index (χ4n) is 6.83. The molecule has 0 amide bonds. The van der Waals surface area contributed by atoms with Gasteiger partial charge in [-0.05, 0) is 124 Å². The van der Waals surface area contributed by atoms with Crippen molar-refractivity contribution in [1.82, 2.24) is 29.9 Å². The molecule has 56 heavy (non-hydrogen) atoms. The summed E-state index contributed by atoms with van der Waals surface area (Å²) in [6.45, 7) is 8.01. The number of benzene rings is 2. The standard InChI is InChI=1S/C23H20N4.C13H14N2O2.C9H9N3/c1-14-13-25-15(2)19-9-8-17(26-22(14)19)6-7-18-12-16-5-10-21-20(23(16)27-18)4-3-11-24-21;1-8-7-14-9(2)11-5-3-10(15-13(8)11)4-6-12(16)17;10-7-3-4-8-6(9(7)11)2-1-5-12-8/h3-5,8-11,13H,6-7,12H2,1-2H3;3,5,7H,4,6H2,1-2H3,(H,16,17);1-5H,10-11H2. The molecule has 0 fully saturated rings. The van der Waals surface area contributed by atoms with Gasteiger partial charge in [-0.2, -0.15) is 0 Å². The van der Waals surface area contributed by atoms with Crippen molar-refractivity contribution in [3.63, 3.8) is 0 Å². The molecule has 0 atom stereocenters. The molecule has 0 aliphatic carbocycles. The third kappa shape index (κ3) is 8.12. The second kappa shape index (κ2) is 16.2. The molecule has 6 aromatic heterocycles. The maximum Gasteiger partial charge on any atom is 0.303 e. The lowest BCUT2D eigenvalue weighted by Gasteiger charge is -2.07. The highest BCUT2D eigenvalue weighted by Crippen LogP contribution is 2.35. The monoisotopic (exact) mass is 741 g/mol. The fourth-order valence-corrected chi connectivity index (χ4v) is 6.83. The third-order valence-electron chi connectivity index (χ3n) is 9.97. The number of nitrogens with zero attached hydrogens (tertiary/aromatic N) is 7.